The second-order valence-electron chi connectivity index (χ2n) is 9.25. The van der Waals surface area contributed by atoms with Crippen molar-refractivity contribution in [3.05, 3.63) is 42.1 Å². The lowest BCUT2D eigenvalue weighted by Crippen LogP contribution is -2.56. The van der Waals surface area contributed by atoms with Crippen LogP contribution in [0.5, 0.6) is 0 Å². The molecule has 1 amide bonds. The highest BCUT2D eigenvalue weighted by atomic mass is 16.1. The first kappa shape index (κ1) is 19.1. The standard InChI is InChI=1S/C24H31N3O/c1-3-27(22-7-5-4-6-8-22)16-21(15-25)23(28)26-17(2)24-12-18-9-19(13-24)11-20(10-18)14-24/h4-8,16-20H,3,9-14H2,1-2H3,(H,26,28)/b21-16-. The SMILES string of the molecule is CCN(/C=C(/C#N)C(=O)NC(C)C12CC3CC(CC(C3)C1)C2)c1ccccc1. The van der Waals surface area contributed by atoms with E-state index in [0.29, 0.717) is 6.54 Å². The zero-order valence-electron chi connectivity index (χ0n) is 17.0. The van der Waals surface area contributed by atoms with Gasteiger partial charge in [0.2, 0.25) is 0 Å². The number of carbonyl (C=O) groups excluding carboxylic acids is 1. The van der Waals surface area contributed by atoms with Crippen LogP contribution in [0.1, 0.15) is 52.4 Å². The highest BCUT2D eigenvalue weighted by molar-refractivity contribution is 5.97. The van der Waals surface area contributed by atoms with Gasteiger partial charge in [-0.15, -0.1) is 0 Å². The summed E-state index contributed by atoms with van der Waals surface area (Å²) >= 11 is 0. The molecule has 1 N–H and O–H groups in total. The number of para-hydroxylation sites is 1. The molecule has 4 heteroatoms. The van der Waals surface area contributed by atoms with Gasteiger partial charge in [-0.2, -0.15) is 5.26 Å². The summed E-state index contributed by atoms with van der Waals surface area (Å²) in [6, 6.07) is 12.1. The molecule has 4 fully saturated rings. The topological polar surface area (TPSA) is 56.1 Å². The maximum absolute atomic E-state index is 12.9. The number of nitrogens with one attached hydrogen (secondary N) is 1. The first-order valence-corrected chi connectivity index (χ1v) is 10.8. The van der Waals surface area contributed by atoms with Crippen molar-refractivity contribution in [1.29, 1.82) is 5.26 Å². The molecule has 0 aromatic heterocycles. The van der Waals surface area contributed by atoms with Gasteiger partial charge in [0.15, 0.2) is 0 Å². The highest BCUT2D eigenvalue weighted by Crippen LogP contribution is 2.61. The smallest absolute Gasteiger partial charge is 0.263 e. The van der Waals surface area contributed by atoms with E-state index in [2.05, 4.69) is 18.3 Å². The molecule has 0 spiro atoms. The lowest BCUT2D eigenvalue weighted by atomic mass is 9.48. The van der Waals surface area contributed by atoms with Gasteiger partial charge < -0.3 is 10.2 Å². The Labute approximate surface area is 168 Å². The number of anilines is 1. The molecule has 0 radical (unpaired) electrons. The quantitative estimate of drug-likeness (QED) is 0.580. The average molecular weight is 378 g/mol. The predicted molar refractivity (Wildman–Crippen MR) is 111 cm³/mol. The molecule has 0 saturated heterocycles. The maximum Gasteiger partial charge on any atom is 0.263 e. The number of hydrogen-bond acceptors (Lipinski definition) is 3. The van der Waals surface area contributed by atoms with E-state index in [9.17, 15) is 10.1 Å². The predicted octanol–water partition coefficient (Wildman–Crippen LogP) is 4.64. The van der Waals surface area contributed by atoms with Gasteiger partial charge in [0, 0.05) is 24.5 Å². The van der Waals surface area contributed by atoms with Crippen molar-refractivity contribution >= 4 is 11.6 Å². The molecule has 4 aliphatic carbocycles. The molecule has 0 aliphatic heterocycles. The lowest BCUT2D eigenvalue weighted by Gasteiger charge is -2.59. The van der Waals surface area contributed by atoms with Crippen LogP contribution in [0.3, 0.4) is 0 Å². The van der Waals surface area contributed by atoms with E-state index in [4.69, 9.17) is 0 Å². The Kier molecular flexibility index (Phi) is 5.19. The van der Waals surface area contributed by atoms with Gasteiger partial charge in [0.05, 0.1) is 0 Å². The van der Waals surface area contributed by atoms with Gasteiger partial charge in [-0.1, -0.05) is 18.2 Å². The number of carbonyl (C=O) groups is 1. The van der Waals surface area contributed by atoms with Crippen molar-refractivity contribution in [1.82, 2.24) is 5.32 Å². The second kappa shape index (κ2) is 7.62. The van der Waals surface area contributed by atoms with Gasteiger partial charge >= 0.3 is 0 Å². The van der Waals surface area contributed by atoms with Crippen molar-refractivity contribution in [3.63, 3.8) is 0 Å². The fourth-order valence-electron chi connectivity index (χ4n) is 6.40. The van der Waals surface area contributed by atoms with E-state index in [-0.39, 0.29) is 22.9 Å². The molecule has 1 aromatic rings. The van der Waals surface area contributed by atoms with Gasteiger partial charge in [0.25, 0.3) is 5.91 Å². The van der Waals surface area contributed by atoms with Crippen LogP contribution in [0.25, 0.3) is 0 Å². The third-order valence-corrected chi connectivity index (χ3v) is 7.43. The van der Waals surface area contributed by atoms with Crippen LogP contribution < -0.4 is 10.2 Å². The van der Waals surface area contributed by atoms with Crippen LogP contribution in [0.15, 0.2) is 42.1 Å². The van der Waals surface area contributed by atoms with E-state index < -0.39 is 0 Å². The van der Waals surface area contributed by atoms with E-state index >= 15 is 0 Å². The van der Waals surface area contributed by atoms with E-state index in [1.807, 2.05) is 42.2 Å². The minimum atomic E-state index is -0.236. The molecule has 4 aliphatic rings. The van der Waals surface area contributed by atoms with Gasteiger partial charge in [-0.25, -0.2) is 0 Å². The van der Waals surface area contributed by atoms with Crippen LogP contribution in [0.2, 0.25) is 0 Å². The Morgan fingerprint density at radius 2 is 1.79 bits per heavy atom. The summed E-state index contributed by atoms with van der Waals surface area (Å²) in [4.78, 5) is 14.9. The van der Waals surface area contributed by atoms with Crippen LogP contribution in [-0.2, 0) is 4.79 Å². The molecule has 4 nitrogen and oxygen atoms in total. The molecule has 5 rings (SSSR count). The van der Waals surface area contributed by atoms with Gasteiger partial charge in [0.1, 0.15) is 11.6 Å². The molecule has 148 valence electrons. The number of amides is 1. The molecule has 4 bridgehead atoms. The number of rotatable bonds is 6. The molecule has 1 unspecified atom stereocenters. The molecule has 1 aromatic carbocycles. The fraction of sp³-hybridized carbons (Fsp3) is 0.583. The van der Waals surface area contributed by atoms with Crippen molar-refractivity contribution in [3.8, 4) is 6.07 Å². The Bertz CT molecular complexity index is 757. The summed E-state index contributed by atoms with van der Waals surface area (Å²) in [5, 5.41) is 12.8. The first-order chi connectivity index (χ1) is 13.5. The molecule has 4 saturated carbocycles. The summed E-state index contributed by atoms with van der Waals surface area (Å²) < 4.78 is 0. The van der Waals surface area contributed by atoms with Crippen LogP contribution in [0, 0.1) is 34.5 Å². The van der Waals surface area contributed by atoms with Crippen molar-refractivity contribution in [2.75, 3.05) is 11.4 Å². The van der Waals surface area contributed by atoms with E-state index in [1.54, 1.807) is 6.20 Å². The normalized spacial score (nSPS) is 31.9. The Morgan fingerprint density at radius 1 is 1.21 bits per heavy atom. The number of nitrogens with zero attached hydrogens (tertiary/aromatic N) is 2. The highest BCUT2D eigenvalue weighted by Gasteiger charge is 2.53. The number of benzene rings is 1. The van der Waals surface area contributed by atoms with Crippen molar-refractivity contribution < 1.29 is 4.79 Å². The van der Waals surface area contributed by atoms with Gasteiger partial charge in [-0.05, 0) is 87.7 Å². The first-order valence-electron chi connectivity index (χ1n) is 10.8. The zero-order valence-corrected chi connectivity index (χ0v) is 17.0. The van der Waals surface area contributed by atoms with Crippen molar-refractivity contribution in [2.24, 2.45) is 23.2 Å². The number of nitriles is 1. The summed E-state index contributed by atoms with van der Waals surface area (Å²) in [6.07, 6.45) is 9.62. The summed E-state index contributed by atoms with van der Waals surface area (Å²) in [7, 11) is 0. The van der Waals surface area contributed by atoms with Crippen LogP contribution >= 0.6 is 0 Å². The molecular weight excluding hydrogens is 346 g/mol. The Balaban J connectivity index is 1.48. The minimum Gasteiger partial charge on any atom is -0.348 e. The Hall–Kier alpha value is -2.28. The largest absolute Gasteiger partial charge is 0.348 e. The second-order valence-corrected chi connectivity index (χ2v) is 9.25. The molecule has 0 heterocycles. The van der Waals surface area contributed by atoms with Crippen LogP contribution in [-0.4, -0.2) is 18.5 Å². The summed E-state index contributed by atoms with van der Waals surface area (Å²) in [5.41, 5.74) is 1.41. The van der Waals surface area contributed by atoms with E-state index in [1.165, 1.54) is 38.5 Å². The molecule has 28 heavy (non-hydrogen) atoms. The van der Waals surface area contributed by atoms with Crippen molar-refractivity contribution in [2.45, 2.75) is 58.4 Å². The maximum atomic E-state index is 12.9. The lowest BCUT2D eigenvalue weighted by molar-refractivity contribution is -0.122. The van der Waals surface area contributed by atoms with E-state index in [0.717, 1.165) is 23.4 Å². The molecule has 1 atom stereocenters. The Morgan fingerprint density at radius 3 is 2.29 bits per heavy atom. The van der Waals surface area contributed by atoms with Gasteiger partial charge in [-0.3, -0.25) is 4.79 Å². The summed E-state index contributed by atoms with van der Waals surface area (Å²) in [6.45, 7) is 4.89. The number of hydrogen-bond donors (Lipinski definition) is 1. The monoisotopic (exact) mass is 377 g/mol. The molecular formula is C24H31N3O. The fourth-order valence-corrected chi connectivity index (χ4v) is 6.40. The third-order valence-electron chi connectivity index (χ3n) is 7.43. The summed E-state index contributed by atoms with van der Waals surface area (Å²) in [5.74, 6) is 2.32. The zero-order chi connectivity index (χ0) is 19.7. The average Bonchev–Trinajstić information content (AvgIpc) is 2.68. The van der Waals surface area contributed by atoms with Crippen LogP contribution in [0.4, 0.5) is 5.69 Å². The third kappa shape index (κ3) is 3.55. The minimum absolute atomic E-state index is 0.122.